The first-order valence-electron chi connectivity index (χ1n) is 7.84. The summed E-state index contributed by atoms with van der Waals surface area (Å²) in [4.78, 5) is 23.7. The molecule has 5 heteroatoms. The summed E-state index contributed by atoms with van der Waals surface area (Å²) < 4.78 is 0. The topological polar surface area (TPSA) is 92.4 Å². The highest BCUT2D eigenvalue weighted by Gasteiger charge is 2.42. The maximum Gasteiger partial charge on any atom is 0.329 e. The quantitative estimate of drug-likeness (QED) is 0.726. The van der Waals surface area contributed by atoms with Crippen molar-refractivity contribution in [1.82, 2.24) is 5.32 Å². The summed E-state index contributed by atoms with van der Waals surface area (Å²) in [7, 11) is 0. The third kappa shape index (κ3) is 5.65. The Kier molecular flexibility index (Phi) is 5.79. The van der Waals surface area contributed by atoms with Crippen molar-refractivity contribution in [2.24, 2.45) is 17.1 Å². The molecular formula is C16H30N2O3. The zero-order valence-corrected chi connectivity index (χ0v) is 13.7. The van der Waals surface area contributed by atoms with Crippen molar-refractivity contribution in [3.05, 3.63) is 0 Å². The number of carbonyl (C=O) groups is 2. The molecule has 0 heterocycles. The number of aliphatic carboxylic acids is 1. The summed E-state index contributed by atoms with van der Waals surface area (Å²) in [6, 6.07) is -0.238. The fourth-order valence-electron chi connectivity index (χ4n) is 3.06. The zero-order chi connectivity index (χ0) is 16.3. The Labute approximate surface area is 127 Å². The van der Waals surface area contributed by atoms with E-state index in [0.717, 1.165) is 19.3 Å². The maximum atomic E-state index is 12.1. The van der Waals surface area contributed by atoms with Crippen molar-refractivity contribution in [3.8, 4) is 0 Å². The van der Waals surface area contributed by atoms with Crippen molar-refractivity contribution in [2.45, 2.75) is 77.8 Å². The summed E-state index contributed by atoms with van der Waals surface area (Å²) >= 11 is 0. The Morgan fingerprint density at radius 3 is 2.29 bits per heavy atom. The van der Waals surface area contributed by atoms with Crippen LogP contribution in [0.3, 0.4) is 0 Å². The second-order valence-corrected chi connectivity index (χ2v) is 7.85. The Balaban J connectivity index is 2.60. The summed E-state index contributed by atoms with van der Waals surface area (Å²) in [6.45, 7) is 8.34. The first kappa shape index (κ1) is 18.0. The van der Waals surface area contributed by atoms with Gasteiger partial charge in [-0.15, -0.1) is 0 Å². The first-order chi connectivity index (χ1) is 9.54. The van der Waals surface area contributed by atoms with Gasteiger partial charge in [0.05, 0.1) is 0 Å². The van der Waals surface area contributed by atoms with E-state index in [-0.39, 0.29) is 23.8 Å². The molecule has 0 aromatic rings. The number of nitrogens with one attached hydrogen (secondary N) is 1. The molecule has 1 aliphatic rings. The van der Waals surface area contributed by atoms with E-state index in [2.05, 4.69) is 33.0 Å². The fraction of sp³-hybridized carbons (Fsp3) is 0.875. The second kappa shape index (κ2) is 6.77. The fourth-order valence-corrected chi connectivity index (χ4v) is 3.06. The van der Waals surface area contributed by atoms with Crippen LogP contribution in [0.15, 0.2) is 0 Å². The van der Waals surface area contributed by atoms with Crippen LogP contribution in [0.2, 0.25) is 0 Å². The molecule has 1 saturated carbocycles. The van der Waals surface area contributed by atoms with Gasteiger partial charge in [0.2, 0.25) is 5.91 Å². The SMILES string of the molecule is CC1CCC(NC(=O)CC(N)CC(C)(C)C)(C(=O)O)CC1. The van der Waals surface area contributed by atoms with E-state index in [1.807, 2.05) is 0 Å². The van der Waals surface area contributed by atoms with Crippen LogP contribution in [-0.2, 0) is 9.59 Å². The first-order valence-corrected chi connectivity index (χ1v) is 7.84. The largest absolute Gasteiger partial charge is 0.480 e. The van der Waals surface area contributed by atoms with Gasteiger partial charge in [-0.3, -0.25) is 4.79 Å². The molecular weight excluding hydrogens is 268 g/mol. The molecule has 0 spiro atoms. The lowest BCUT2D eigenvalue weighted by atomic mass is 9.77. The van der Waals surface area contributed by atoms with Gasteiger partial charge in [0.25, 0.3) is 0 Å². The smallest absolute Gasteiger partial charge is 0.329 e. The molecule has 1 fully saturated rings. The molecule has 1 unspecified atom stereocenters. The average Bonchev–Trinajstić information content (AvgIpc) is 2.29. The van der Waals surface area contributed by atoms with E-state index in [1.165, 1.54) is 0 Å². The van der Waals surface area contributed by atoms with Crippen molar-refractivity contribution >= 4 is 11.9 Å². The van der Waals surface area contributed by atoms with Crippen LogP contribution in [0.25, 0.3) is 0 Å². The van der Waals surface area contributed by atoms with Crippen LogP contribution >= 0.6 is 0 Å². The Morgan fingerprint density at radius 1 is 1.33 bits per heavy atom. The van der Waals surface area contributed by atoms with E-state index < -0.39 is 11.5 Å². The van der Waals surface area contributed by atoms with E-state index in [9.17, 15) is 14.7 Å². The van der Waals surface area contributed by atoms with Gasteiger partial charge in [0.1, 0.15) is 5.54 Å². The number of carbonyl (C=O) groups excluding carboxylic acids is 1. The van der Waals surface area contributed by atoms with Gasteiger partial charge in [-0.05, 0) is 43.4 Å². The minimum absolute atomic E-state index is 0.0600. The highest BCUT2D eigenvalue weighted by atomic mass is 16.4. The van der Waals surface area contributed by atoms with E-state index in [4.69, 9.17) is 5.73 Å². The number of carboxylic acid groups (broad SMARTS) is 1. The third-order valence-corrected chi connectivity index (χ3v) is 4.24. The number of nitrogens with two attached hydrogens (primary N) is 1. The number of hydrogen-bond acceptors (Lipinski definition) is 3. The minimum Gasteiger partial charge on any atom is -0.480 e. The Morgan fingerprint density at radius 2 is 1.86 bits per heavy atom. The Bertz CT molecular complexity index is 379. The molecule has 4 N–H and O–H groups in total. The molecule has 0 aromatic carbocycles. The highest BCUT2D eigenvalue weighted by Crippen LogP contribution is 2.32. The molecule has 0 aliphatic heterocycles. The third-order valence-electron chi connectivity index (χ3n) is 4.24. The van der Waals surface area contributed by atoms with Gasteiger partial charge in [0.15, 0.2) is 0 Å². The van der Waals surface area contributed by atoms with Crippen molar-refractivity contribution in [2.75, 3.05) is 0 Å². The van der Waals surface area contributed by atoms with Crippen molar-refractivity contribution < 1.29 is 14.7 Å². The molecule has 1 rings (SSSR count). The highest BCUT2D eigenvalue weighted by molar-refractivity contribution is 5.87. The second-order valence-electron chi connectivity index (χ2n) is 7.85. The molecule has 0 saturated heterocycles. The van der Waals surface area contributed by atoms with Crippen LogP contribution in [-0.4, -0.2) is 28.6 Å². The van der Waals surface area contributed by atoms with E-state index in [1.54, 1.807) is 0 Å². The van der Waals surface area contributed by atoms with Gasteiger partial charge in [-0.1, -0.05) is 27.7 Å². The average molecular weight is 298 g/mol. The maximum absolute atomic E-state index is 12.1. The number of carboxylic acids is 1. The lowest BCUT2D eigenvalue weighted by Crippen LogP contribution is -2.57. The Hall–Kier alpha value is -1.10. The van der Waals surface area contributed by atoms with Gasteiger partial charge in [-0.25, -0.2) is 4.79 Å². The van der Waals surface area contributed by atoms with Gasteiger partial charge in [-0.2, -0.15) is 0 Å². The zero-order valence-electron chi connectivity index (χ0n) is 13.7. The van der Waals surface area contributed by atoms with Crippen LogP contribution in [0, 0.1) is 11.3 Å². The summed E-state index contributed by atoms with van der Waals surface area (Å²) in [6.07, 6.45) is 3.59. The molecule has 21 heavy (non-hydrogen) atoms. The molecule has 0 bridgehead atoms. The van der Waals surface area contributed by atoms with Crippen molar-refractivity contribution in [3.63, 3.8) is 0 Å². The molecule has 5 nitrogen and oxygen atoms in total. The molecule has 0 aromatic heterocycles. The van der Waals surface area contributed by atoms with E-state index in [0.29, 0.717) is 18.8 Å². The van der Waals surface area contributed by atoms with Crippen LogP contribution in [0.5, 0.6) is 0 Å². The van der Waals surface area contributed by atoms with Crippen molar-refractivity contribution in [1.29, 1.82) is 0 Å². The predicted octanol–water partition coefficient (Wildman–Crippen LogP) is 2.29. The number of hydrogen-bond donors (Lipinski definition) is 3. The van der Waals surface area contributed by atoms with E-state index >= 15 is 0 Å². The van der Waals surface area contributed by atoms with Crippen LogP contribution in [0.4, 0.5) is 0 Å². The van der Waals surface area contributed by atoms with Gasteiger partial charge >= 0.3 is 5.97 Å². The predicted molar refractivity (Wildman–Crippen MR) is 82.8 cm³/mol. The summed E-state index contributed by atoms with van der Waals surface area (Å²) in [5, 5.41) is 12.2. The summed E-state index contributed by atoms with van der Waals surface area (Å²) in [5.41, 5.74) is 4.97. The standard InChI is InChI=1S/C16H30N2O3/c1-11-5-7-16(8-6-11,14(20)21)18-13(19)9-12(17)10-15(2,3)4/h11-12H,5-10,17H2,1-4H3,(H,18,19)(H,20,21). The number of amides is 1. The van der Waals surface area contributed by atoms with Crippen LogP contribution < -0.4 is 11.1 Å². The molecule has 1 aliphatic carbocycles. The lowest BCUT2D eigenvalue weighted by molar-refractivity contribution is -0.149. The monoisotopic (exact) mass is 298 g/mol. The molecule has 0 radical (unpaired) electrons. The molecule has 1 atom stereocenters. The van der Waals surface area contributed by atoms with Crippen LogP contribution in [0.1, 0.15) is 66.2 Å². The summed E-state index contributed by atoms with van der Waals surface area (Å²) in [5.74, 6) is -0.645. The number of rotatable bonds is 5. The normalized spacial score (nSPS) is 28.0. The van der Waals surface area contributed by atoms with Gasteiger partial charge in [0, 0.05) is 12.5 Å². The lowest BCUT2D eigenvalue weighted by Gasteiger charge is -2.36. The molecule has 1 amide bonds. The molecule has 122 valence electrons. The van der Waals surface area contributed by atoms with Gasteiger partial charge < -0.3 is 16.2 Å². The minimum atomic E-state index is -1.09.